The third-order valence-electron chi connectivity index (χ3n) is 7.81. The Kier molecular flexibility index (Phi) is 9.50. The highest BCUT2D eigenvalue weighted by Gasteiger charge is 2.32. The van der Waals surface area contributed by atoms with Gasteiger partial charge in [0.05, 0.1) is 47.2 Å². The molecule has 10 heteroatoms. The first-order valence-electron chi connectivity index (χ1n) is 15.3. The Morgan fingerprint density at radius 3 is 2.48 bits per heavy atom. The van der Waals surface area contributed by atoms with Gasteiger partial charge in [-0.1, -0.05) is 65.9 Å². The molecule has 5 aromatic rings. The highest BCUT2D eigenvalue weighted by molar-refractivity contribution is 7.07. The molecule has 0 bridgehead atoms. The highest BCUT2D eigenvalue weighted by atomic mass is 32.1. The van der Waals surface area contributed by atoms with Gasteiger partial charge in [0.1, 0.15) is 12.4 Å². The topological polar surface area (TPSA) is 115 Å². The van der Waals surface area contributed by atoms with Gasteiger partial charge >= 0.3 is 0 Å². The molecule has 2 heterocycles. The van der Waals surface area contributed by atoms with Gasteiger partial charge in [-0.3, -0.25) is 14.2 Å². The van der Waals surface area contributed by atoms with Crippen molar-refractivity contribution < 1.29 is 19.0 Å². The van der Waals surface area contributed by atoms with Crippen molar-refractivity contribution in [3.05, 3.63) is 150 Å². The van der Waals surface area contributed by atoms with Crippen molar-refractivity contribution in [1.82, 2.24) is 4.57 Å². The van der Waals surface area contributed by atoms with Gasteiger partial charge in [0.25, 0.3) is 11.5 Å². The van der Waals surface area contributed by atoms with E-state index >= 15 is 0 Å². The Bertz CT molecular complexity index is 2230. The summed E-state index contributed by atoms with van der Waals surface area (Å²) in [5.41, 5.74) is 4.05. The van der Waals surface area contributed by atoms with Gasteiger partial charge in [-0.25, -0.2) is 4.99 Å². The highest BCUT2D eigenvalue weighted by Crippen LogP contribution is 2.32. The molecular formula is C38H32N4O5S. The number of fused-ring (bicyclic) bond motifs is 1. The summed E-state index contributed by atoms with van der Waals surface area (Å²) >= 11 is 1.25. The summed E-state index contributed by atoms with van der Waals surface area (Å²) in [5, 5.41) is 12.4. The van der Waals surface area contributed by atoms with Crippen LogP contribution in [0.15, 0.2) is 118 Å². The van der Waals surface area contributed by atoms with Crippen molar-refractivity contribution in [3.63, 3.8) is 0 Å². The van der Waals surface area contributed by atoms with E-state index in [-0.39, 0.29) is 18.1 Å². The molecule has 0 aliphatic carbocycles. The smallest absolute Gasteiger partial charge is 0.271 e. The molecule has 0 saturated heterocycles. The fourth-order valence-electron chi connectivity index (χ4n) is 5.52. The molecule has 1 aromatic heterocycles. The van der Waals surface area contributed by atoms with Crippen molar-refractivity contribution in [2.24, 2.45) is 4.99 Å². The molecule has 4 aromatic carbocycles. The molecule has 1 N–H and O–H groups in total. The first-order valence-corrected chi connectivity index (χ1v) is 16.1. The number of amides is 1. The van der Waals surface area contributed by atoms with E-state index in [1.807, 2.05) is 85.8 Å². The minimum atomic E-state index is -0.718. The molecular weight excluding hydrogens is 625 g/mol. The predicted octanol–water partition coefficient (Wildman–Crippen LogP) is 5.73. The summed E-state index contributed by atoms with van der Waals surface area (Å²) in [5.74, 6) is 1.34. The molecule has 1 aliphatic rings. The Labute approximate surface area is 281 Å². The van der Waals surface area contributed by atoms with Crippen LogP contribution in [0.3, 0.4) is 0 Å². The fraction of sp³-hybridized carbons (Fsp3) is 0.158. The average Bonchev–Trinajstić information content (AvgIpc) is 3.41. The van der Waals surface area contributed by atoms with Crippen LogP contribution in [0.4, 0.5) is 5.69 Å². The maximum atomic E-state index is 14.2. The third kappa shape index (κ3) is 6.63. The van der Waals surface area contributed by atoms with Crippen LogP contribution in [0.5, 0.6) is 17.2 Å². The average molecular weight is 657 g/mol. The third-order valence-corrected chi connectivity index (χ3v) is 8.79. The Morgan fingerprint density at radius 2 is 1.75 bits per heavy atom. The van der Waals surface area contributed by atoms with Crippen LogP contribution in [0.1, 0.15) is 42.1 Å². The van der Waals surface area contributed by atoms with Gasteiger partial charge in [0.15, 0.2) is 16.3 Å². The van der Waals surface area contributed by atoms with Gasteiger partial charge in [-0.15, -0.1) is 0 Å². The summed E-state index contributed by atoms with van der Waals surface area (Å²) in [6, 6.07) is 30.7. The number of methoxy groups -OCH3 is 1. The van der Waals surface area contributed by atoms with Gasteiger partial charge < -0.3 is 19.5 Å². The van der Waals surface area contributed by atoms with Crippen molar-refractivity contribution in [3.8, 4) is 23.3 Å². The summed E-state index contributed by atoms with van der Waals surface area (Å²) in [6.07, 6.45) is 1.78. The Balaban J connectivity index is 1.38. The van der Waals surface area contributed by atoms with Gasteiger partial charge in [-0.05, 0) is 73.5 Å². The van der Waals surface area contributed by atoms with Gasteiger partial charge in [-0.2, -0.15) is 5.26 Å². The SMILES string of the molecule is CCOc1ccc([C@H]2C(C(=O)Nc3ccccc3)=C(C)N=c3s/c(=C/c4ccc(OCc5ccccc5C#N)c(OC)c4)c(=O)n32)cc1. The number of nitriles is 1. The summed E-state index contributed by atoms with van der Waals surface area (Å²) in [4.78, 5) is 33.2. The van der Waals surface area contributed by atoms with Crippen molar-refractivity contribution in [2.45, 2.75) is 26.5 Å². The first-order chi connectivity index (χ1) is 23.4. The lowest BCUT2D eigenvalue weighted by molar-refractivity contribution is -0.113. The number of thiazole rings is 1. The molecule has 6 rings (SSSR count). The van der Waals surface area contributed by atoms with Crippen LogP contribution in [0, 0.1) is 11.3 Å². The summed E-state index contributed by atoms with van der Waals surface area (Å²) in [7, 11) is 1.55. The van der Waals surface area contributed by atoms with E-state index in [2.05, 4.69) is 11.4 Å². The molecule has 48 heavy (non-hydrogen) atoms. The summed E-state index contributed by atoms with van der Waals surface area (Å²) in [6.45, 7) is 4.42. The molecule has 0 unspecified atom stereocenters. The zero-order chi connectivity index (χ0) is 33.6. The lowest BCUT2D eigenvalue weighted by Gasteiger charge is -2.25. The lowest BCUT2D eigenvalue weighted by atomic mass is 9.95. The van der Waals surface area contributed by atoms with E-state index in [1.165, 1.54) is 11.3 Å². The molecule has 1 amide bonds. The van der Waals surface area contributed by atoms with Crippen LogP contribution in [0.2, 0.25) is 0 Å². The molecule has 0 spiro atoms. The largest absolute Gasteiger partial charge is 0.494 e. The maximum absolute atomic E-state index is 14.2. The number of para-hydroxylation sites is 1. The van der Waals surface area contributed by atoms with Crippen molar-refractivity contribution >= 4 is 29.0 Å². The molecule has 0 radical (unpaired) electrons. The minimum Gasteiger partial charge on any atom is -0.494 e. The standard InChI is InChI=1S/C38H32N4O5S/c1-4-46-30-17-15-26(16-18-30)35-34(36(43)41-29-12-6-5-7-13-29)24(2)40-38-42(35)37(44)33(48-38)21-25-14-19-31(32(20-25)45-3)47-23-28-11-9-8-10-27(28)22-39/h5-21,35H,4,23H2,1-3H3,(H,41,43)/b33-21+/t35-/m0/s1. The molecule has 9 nitrogen and oxygen atoms in total. The van der Waals surface area contributed by atoms with E-state index in [9.17, 15) is 14.9 Å². The number of nitrogens with one attached hydrogen (secondary N) is 1. The first kappa shape index (κ1) is 32.0. The number of rotatable bonds is 10. The normalized spacial score (nSPS) is 14.0. The van der Waals surface area contributed by atoms with E-state index in [0.29, 0.717) is 55.7 Å². The molecule has 0 saturated carbocycles. The second kappa shape index (κ2) is 14.2. The zero-order valence-corrected chi connectivity index (χ0v) is 27.4. The minimum absolute atomic E-state index is 0.198. The number of carbonyl (C=O) groups is 1. The summed E-state index contributed by atoms with van der Waals surface area (Å²) < 4.78 is 19.3. The van der Waals surface area contributed by atoms with Gasteiger partial charge in [0, 0.05) is 11.3 Å². The fourth-order valence-corrected chi connectivity index (χ4v) is 6.56. The zero-order valence-electron chi connectivity index (χ0n) is 26.6. The molecule has 1 atom stereocenters. The monoisotopic (exact) mass is 656 g/mol. The number of nitrogens with zero attached hydrogens (tertiary/aromatic N) is 3. The second-order valence-corrected chi connectivity index (χ2v) is 11.9. The Morgan fingerprint density at radius 1 is 1.00 bits per heavy atom. The number of benzene rings is 4. The van der Waals surface area contributed by atoms with Crippen molar-refractivity contribution in [1.29, 1.82) is 5.26 Å². The van der Waals surface area contributed by atoms with Crippen molar-refractivity contribution in [2.75, 3.05) is 19.0 Å². The number of hydrogen-bond donors (Lipinski definition) is 1. The number of hydrogen-bond acceptors (Lipinski definition) is 8. The number of ether oxygens (including phenoxy) is 3. The van der Waals surface area contributed by atoms with Crippen LogP contribution in [-0.4, -0.2) is 24.2 Å². The number of carbonyl (C=O) groups excluding carboxylic acids is 1. The number of allylic oxidation sites excluding steroid dienone is 1. The Hall–Kier alpha value is -5.92. The van der Waals surface area contributed by atoms with Crippen LogP contribution < -0.4 is 34.4 Å². The van der Waals surface area contributed by atoms with Crippen LogP contribution in [-0.2, 0) is 11.4 Å². The van der Waals surface area contributed by atoms with E-state index in [4.69, 9.17) is 19.2 Å². The molecule has 240 valence electrons. The predicted molar refractivity (Wildman–Crippen MR) is 185 cm³/mol. The van der Waals surface area contributed by atoms with E-state index in [0.717, 1.165) is 16.7 Å². The van der Waals surface area contributed by atoms with Gasteiger partial charge in [0.2, 0.25) is 0 Å². The quantitative estimate of drug-likeness (QED) is 0.205. The second-order valence-electron chi connectivity index (χ2n) is 10.9. The van der Waals surface area contributed by atoms with E-state index in [1.54, 1.807) is 42.9 Å². The number of aromatic nitrogens is 1. The molecule has 0 fully saturated rings. The van der Waals surface area contributed by atoms with E-state index < -0.39 is 6.04 Å². The molecule has 1 aliphatic heterocycles. The van der Waals surface area contributed by atoms with Crippen LogP contribution >= 0.6 is 11.3 Å². The maximum Gasteiger partial charge on any atom is 0.271 e. The lowest BCUT2D eigenvalue weighted by Crippen LogP contribution is -2.40. The number of anilines is 1. The van der Waals surface area contributed by atoms with Crippen LogP contribution in [0.25, 0.3) is 6.08 Å².